The molecule has 1 amide bonds. The fourth-order valence-corrected chi connectivity index (χ4v) is 4.45. The van der Waals surface area contributed by atoms with Crippen LogP contribution in [0.15, 0.2) is 28.7 Å². The van der Waals surface area contributed by atoms with Crippen molar-refractivity contribution in [2.75, 3.05) is 0 Å². The first-order valence-corrected chi connectivity index (χ1v) is 11.1. The molecule has 1 saturated carbocycles. The molecule has 0 bridgehead atoms. The van der Waals surface area contributed by atoms with Crippen molar-refractivity contribution in [3.63, 3.8) is 0 Å². The third-order valence-corrected chi connectivity index (χ3v) is 6.57. The molecule has 0 saturated heterocycles. The Kier molecular flexibility index (Phi) is 6.09. The predicted molar refractivity (Wildman–Crippen MR) is 125 cm³/mol. The molecule has 1 aliphatic rings. The first-order chi connectivity index (χ1) is 14.3. The Morgan fingerprint density at radius 3 is 2.65 bits per heavy atom. The minimum absolute atomic E-state index is 0.00592. The fraction of sp³-hybridized carbons (Fsp3) is 0.625. The number of rotatable bonds is 4. The Morgan fingerprint density at radius 1 is 1.35 bits per heavy atom. The smallest absolute Gasteiger partial charge is 0.330 e. The number of carbonyl (C=O) groups is 1. The molecule has 170 valence electrons. The highest BCUT2D eigenvalue weighted by molar-refractivity contribution is 5.92. The van der Waals surface area contributed by atoms with E-state index in [9.17, 15) is 9.59 Å². The molecule has 0 spiro atoms. The molecule has 2 heterocycles. The monoisotopic (exact) mass is 427 g/mol. The van der Waals surface area contributed by atoms with Crippen LogP contribution < -0.4 is 16.7 Å². The van der Waals surface area contributed by atoms with E-state index in [1.165, 1.54) is 6.20 Å². The molecule has 3 N–H and O–H groups in total. The van der Waals surface area contributed by atoms with E-state index in [4.69, 9.17) is 10.7 Å². The zero-order valence-electron chi connectivity index (χ0n) is 20.0. The average Bonchev–Trinajstić information content (AvgIpc) is 2.92. The molecule has 7 nitrogen and oxygen atoms in total. The molecule has 2 unspecified atom stereocenters. The van der Waals surface area contributed by atoms with E-state index in [0.29, 0.717) is 12.1 Å². The third-order valence-electron chi connectivity index (χ3n) is 6.57. The van der Waals surface area contributed by atoms with Gasteiger partial charge >= 0.3 is 5.69 Å². The minimum Gasteiger partial charge on any atom is -0.404 e. The van der Waals surface area contributed by atoms with Gasteiger partial charge in [0.05, 0.1) is 5.52 Å². The van der Waals surface area contributed by atoms with Gasteiger partial charge in [0.1, 0.15) is 0 Å². The van der Waals surface area contributed by atoms with Crippen molar-refractivity contribution in [2.24, 2.45) is 23.6 Å². The van der Waals surface area contributed by atoms with Crippen LogP contribution in [0.1, 0.15) is 72.4 Å². The first-order valence-electron chi connectivity index (χ1n) is 11.1. The zero-order chi connectivity index (χ0) is 23.1. The fourth-order valence-electron chi connectivity index (χ4n) is 4.45. The highest BCUT2D eigenvalue weighted by Crippen LogP contribution is 2.42. The molecule has 1 aliphatic carbocycles. The van der Waals surface area contributed by atoms with Gasteiger partial charge in [0.15, 0.2) is 5.65 Å². The maximum atomic E-state index is 12.8. The third kappa shape index (κ3) is 4.70. The summed E-state index contributed by atoms with van der Waals surface area (Å²) in [5.74, 6) is 0.109. The van der Waals surface area contributed by atoms with Gasteiger partial charge in [-0.3, -0.25) is 13.9 Å². The molecule has 0 radical (unpaired) electrons. The normalized spacial score (nSPS) is 22.0. The number of hydrogen-bond donors (Lipinski definition) is 2. The second kappa shape index (κ2) is 8.17. The molecular weight excluding hydrogens is 390 g/mol. The van der Waals surface area contributed by atoms with E-state index in [1.54, 1.807) is 18.5 Å². The zero-order valence-corrected chi connectivity index (χ0v) is 20.0. The van der Waals surface area contributed by atoms with E-state index in [0.717, 1.165) is 36.1 Å². The van der Waals surface area contributed by atoms with E-state index >= 15 is 0 Å². The lowest BCUT2D eigenvalue weighted by atomic mass is 9.68. The van der Waals surface area contributed by atoms with Crippen molar-refractivity contribution >= 4 is 17.1 Å². The lowest BCUT2D eigenvalue weighted by molar-refractivity contribution is -0.119. The highest BCUT2D eigenvalue weighted by atomic mass is 16.2. The van der Waals surface area contributed by atoms with Crippen LogP contribution in [0.3, 0.4) is 0 Å². The van der Waals surface area contributed by atoms with Gasteiger partial charge in [0.25, 0.3) is 0 Å². The number of amides is 1. The number of aromatic nitrogens is 3. The summed E-state index contributed by atoms with van der Waals surface area (Å²) in [6.45, 7) is 13.1. The van der Waals surface area contributed by atoms with Crippen LogP contribution in [-0.2, 0) is 18.4 Å². The number of aryl methyl sites for hydroxylation is 1. The second-order valence-electron chi connectivity index (χ2n) is 10.9. The Morgan fingerprint density at radius 2 is 2.03 bits per heavy atom. The summed E-state index contributed by atoms with van der Waals surface area (Å²) >= 11 is 0. The van der Waals surface area contributed by atoms with E-state index < -0.39 is 0 Å². The SMILES string of the molecule is C/C(=C\N)C(=O)NC1CC(c2ccc3c(n2)n(C)c(=O)n3CC(C)(C)C)CCC1(C)C. The summed E-state index contributed by atoms with van der Waals surface area (Å²) < 4.78 is 3.47. The number of pyridine rings is 1. The quantitative estimate of drug-likeness (QED) is 0.731. The standard InChI is InChI=1S/C24H37N5O2/c1-15(13-25)21(30)27-19-12-16(10-11-24(19,5)6)17-8-9-18-20(26-17)28(7)22(31)29(18)14-23(2,3)4/h8-9,13,16,19H,10-12,14,25H2,1-7H3,(H,27,30)/b15-13+. The highest BCUT2D eigenvalue weighted by Gasteiger charge is 2.38. The van der Waals surface area contributed by atoms with Crippen LogP contribution in [0.25, 0.3) is 11.2 Å². The number of nitrogens with two attached hydrogens (primary N) is 1. The number of nitrogens with zero attached hydrogens (tertiary/aromatic N) is 3. The molecule has 2 aromatic rings. The Bertz CT molecular complexity index is 1070. The summed E-state index contributed by atoms with van der Waals surface area (Å²) in [5, 5.41) is 3.17. The van der Waals surface area contributed by atoms with Crippen molar-refractivity contribution in [1.29, 1.82) is 0 Å². The second-order valence-corrected chi connectivity index (χ2v) is 10.9. The largest absolute Gasteiger partial charge is 0.404 e. The first kappa shape index (κ1) is 23.1. The Labute approximate surface area is 184 Å². The van der Waals surface area contributed by atoms with Crippen molar-refractivity contribution < 1.29 is 4.79 Å². The van der Waals surface area contributed by atoms with Gasteiger partial charge < -0.3 is 11.1 Å². The molecule has 0 aromatic carbocycles. The number of imidazole rings is 1. The molecular formula is C24H37N5O2. The average molecular weight is 428 g/mol. The topological polar surface area (TPSA) is 94.9 Å². The summed E-state index contributed by atoms with van der Waals surface area (Å²) in [5.41, 5.74) is 8.57. The van der Waals surface area contributed by atoms with Crippen LogP contribution in [0.4, 0.5) is 0 Å². The van der Waals surface area contributed by atoms with Gasteiger partial charge in [0, 0.05) is 43.0 Å². The maximum Gasteiger partial charge on any atom is 0.330 e. The van der Waals surface area contributed by atoms with Crippen molar-refractivity contribution in [3.8, 4) is 0 Å². The van der Waals surface area contributed by atoms with Gasteiger partial charge in [-0.05, 0) is 49.1 Å². The summed E-state index contributed by atoms with van der Waals surface area (Å²) in [6.07, 6.45) is 4.14. The molecule has 2 atom stereocenters. The van der Waals surface area contributed by atoms with Gasteiger partial charge in [0.2, 0.25) is 5.91 Å². The van der Waals surface area contributed by atoms with Crippen LogP contribution in [-0.4, -0.2) is 26.1 Å². The lowest BCUT2D eigenvalue weighted by Gasteiger charge is -2.42. The summed E-state index contributed by atoms with van der Waals surface area (Å²) in [4.78, 5) is 30.2. The van der Waals surface area contributed by atoms with Gasteiger partial charge in [-0.1, -0.05) is 34.6 Å². The van der Waals surface area contributed by atoms with E-state index in [1.807, 2.05) is 16.7 Å². The maximum absolute atomic E-state index is 12.8. The van der Waals surface area contributed by atoms with Crippen molar-refractivity contribution in [3.05, 3.63) is 40.1 Å². The van der Waals surface area contributed by atoms with Crippen LogP contribution in [0, 0.1) is 10.8 Å². The number of fused-ring (bicyclic) bond motifs is 1. The van der Waals surface area contributed by atoms with Crippen LogP contribution in [0.2, 0.25) is 0 Å². The number of carbonyl (C=O) groups excluding carboxylic acids is 1. The minimum atomic E-state index is -0.119. The Balaban J connectivity index is 1.92. The van der Waals surface area contributed by atoms with Gasteiger partial charge in [-0.15, -0.1) is 0 Å². The van der Waals surface area contributed by atoms with Gasteiger partial charge in [-0.2, -0.15) is 0 Å². The Hall–Kier alpha value is -2.57. The predicted octanol–water partition coefficient (Wildman–Crippen LogP) is 3.42. The van der Waals surface area contributed by atoms with Crippen LogP contribution in [0.5, 0.6) is 0 Å². The van der Waals surface area contributed by atoms with E-state index in [2.05, 4.69) is 39.9 Å². The molecule has 2 aromatic heterocycles. The number of nitrogens with one attached hydrogen (secondary N) is 1. The van der Waals surface area contributed by atoms with Crippen LogP contribution >= 0.6 is 0 Å². The summed E-state index contributed by atoms with van der Waals surface area (Å²) in [6, 6.07) is 4.10. The van der Waals surface area contributed by atoms with Gasteiger partial charge in [-0.25, -0.2) is 9.78 Å². The van der Waals surface area contributed by atoms with Crippen molar-refractivity contribution in [1.82, 2.24) is 19.4 Å². The molecule has 0 aliphatic heterocycles. The van der Waals surface area contributed by atoms with Crippen molar-refractivity contribution in [2.45, 2.75) is 79.3 Å². The van der Waals surface area contributed by atoms with E-state index in [-0.39, 0.29) is 34.4 Å². The lowest BCUT2D eigenvalue weighted by Crippen LogP contribution is -2.48. The molecule has 7 heteroatoms. The summed E-state index contributed by atoms with van der Waals surface area (Å²) in [7, 11) is 1.79. The number of hydrogen-bond acceptors (Lipinski definition) is 4. The molecule has 31 heavy (non-hydrogen) atoms. The molecule has 1 fully saturated rings. The molecule has 3 rings (SSSR count).